The molecular formula is C53H62N2. The molecule has 0 unspecified atom stereocenters. The van der Waals surface area contributed by atoms with Crippen LogP contribution in [0.1, 0.15) is 68.9 Å². The van der Waals surface area contributed by atoms with Gasteiger partial charge in [0.05, 0.1) is 0 Å². The maximum Gasteiger partial charge on any atom is 0.0417 e. The van der Waals surface area contributed by atoms with Crippen molar-refractivity contribution in [1.82, 2.24) is 0 Å². The summed E-state index contributed by atoms with van der Waals surface area (Å²) < 4.78 is 0. The lowest BCUT2D eigenvalue weighted by atomic mass is 10.0. The molecular weight excluding hydrogens is 665 g/mol. The molecule has 0 saturated heterocycles. The number of benzene rings is 6. The highest BCUT2D eigenvalue weighted by atomic mass is 14.8. The van der Waals surface area contributed by atoms with Crippen molar-refractivity contribution in [1.29, 1.82) is 0 Å². The molecule has 2 N–H and O–H groups in total. The van der Waals surface area contributed by atoms with Gasteiger partial charge in [0, 0.05) is 31.0 Å². The highest BCUT2D eigenvalue weighted by molar-refractivity contribution is 5.78. The molecule has 9 rings (SSSR count). The van der Waals surface area contributed by atoms with Crippen LogP contribution in [0.25, 0.3) is 28.3 Å². The maximum absolute atomic E-state index is 3.19. The van der Waals surface area contributed by atoms with Crippen molar-refractivity contribution in [2.45, 2.75) is 60.3 Å². The van der Waals surface area contributed by atoms with Crippen LogP contribution in [0.4, 0.5) is 11.4 Å². The van der Waals surface area contributed by atoms with E-state index in [0.29, 0.717) is 0 Å². The third kappa shape index (κ3) is 13.8. The SMILES string of the molecule is C1=CCC=C1.C1=Cc2ccccc2C1.CC.CC.CCc1ccccc1NC.CNc1ccccc1-c1ccccc1.c1ccc2c(c1)Cc1ccccc1-2. The topological polar surface area (TPSA) is 24.1 Å². The standard InChI is InChI=1S/C13H13N.C13H10.C9H13N.C9H8.C5H6.2C2H6/c1-14-13-10-6-5-9-12(13)11-7-3-2-4-8-11;1-3-7-12-10(5-1)9-11-6-2-4-8-13(11)12;1-3-8-6-4-5-7-9(8)10-2;1-2-5-9-7-3-6-8(9)4-1;1-2-4-5-3-1;2*1-2/h2-10,14H,1H3;1-8H,9H2;4-7,10H,3H2,1-2H3;1-6H,7H2;1-4H,5H2;2*1-2H3. The van der Waals surface area contributed by atoms with E-state index in [-0.39, 0.29) is 0 Å². The predicted molar refractivity (Wildman–Crippen MR) is 246 cm³/mol. The number of allylic oxidation sites excluding steroid dienone is 5. The predicted octanol–water partition coefficient (Wildman–Crippen LogP) is 14.8. The van der Waals surface area contributed by atoms with Crippen LogP contribution in [0, 0.1) is 0 Å². The van der Waals surface area contributed by atoms with E-state index in [1.165, 1.54) is 61.4 Å². The van der Waals surface area contributed by atoms with Crippen molar-refractivity contribution < 1.29 is 0 Å². The van der Waals surface area contributed by atoms with E-state index in [0.717, 1.165) is 25.7 Å². The van der Waals surface area contributed by atoms with E-state index in [1.807, 2.05) is 60.0 Å². The highest BCUT2D eigenvalue weighted by Gasteiger charge is 2.15. The summed E-state index contributed by atoms with van der Waals surface area (Å²) in [4.78, 5) is 0. The summed E-state index contributed by atoms with van der Waals surface area (Å²) in [6.45, 7) is 10.2. The van der Waals surface area contributed by atoms with Gasteiger partial charge in [-0.15, -0.1) is 0 Å². The second-order valence-electron chi connectivity index (χ2n) is 12.3. The van der Waals surface area contributed by atoms with Crippen molar-refractivity contribution in [3.05, 3.63) is 210 Å². The van der Waals surface area contributed by atoms with Crippen LogP contribution in [-0.2, 0) is 19.3 Å². The lowest BCUT2D eigenvalue weighted by Crippen LogP contribution is -1.92. The van der Waals surface area contributed by atoms with Crippen molar-refractivity contribution in [3.8, 4) is 22.3 Å². The lowest BCUT2D eigenvalue weighted by Gasteiger charge is -2.08. The van der Waals surface area contributed by atoms with E-state index in [1.54, 1.807) is 0 Å². The van der Waals surface area contributed by atoms with Gasteiger partial charge < -0.3 is 10.6 Å². The summed E-state index contributed by atoms with van der Waals surface area (Å²) in [5.74, 6) is 0. The zero-order valence-corrected chi connectivity index (χ0v) is 34.2. The quantitative estimate of drug-likeness (QED) is 0.189. The van der Waals surface area contributed by atoms with Gasteiger partial charge >= 0.3 is 0 Å². The molecule has 0 amide bonds. The van der Waals surface area contributed by atoms with Crippen LogP contribution >= 0.6 is 0 Å². The van der Waals surface area contributed by atoms with Gasteiger partial charge in [-0.1, -0.05) is 211 Å². The summed E-state index contributed by atoms with van der Waals surface area (Å²) in [6.07, 6.45) is 17.2. The average Bonchev–Trinajstić information content (AvgIpc) is 4.09. The van der Waals surface area contributed by atoms with E-state index < -0.39 is 0 Å². The minimum Gasteiger partial charge on any atom is -0.388 e. The number of hydrogen-bond acceptors (Lipinski definition) is 2. The molecule has 2 heteroatoms. The number of nitrogens with one attached hydrogen (secondary N) is 2. The molecule has 0 atom stereocenters. The van der Waals surface area contributed by atoms with Gasteiger partial charge in [-0.3, -0.25) is 0 Å². The highest BCUT2D eigenvalue weighted by Crippen LogP contribution is 2.35. The average molecular weight is 727 g/mol. The van der Waals surface area contributed by atoms with Crippen LogP contribution in [0.3, 0.4) is 0 Å². The Kier molecular flexibility index (Phi) is 20.6. The number of aryl methyl sites for hydroxylation is 1. The minimum atomic E-state index is 1.09. The monoisotopic (exact) mass is 726 g/mol. The van der Waals surface area contributed by atoms with Crippen LogP contribution in [0.2, 0.25) is 0 Å². The van der Waals surface area contributed by atoms with Gasteiger partial charge in [0.2, 0.25) is 0 Å². The molecule has 0 fully saturated rings. The first-order valence-corrected chi connectivity index (χ1v) is 20.0. The van der Waals surface area contributed by atoms with E-state index in [2.05, 4.69) is 187 Å². The van der Waals surface area contributed by atoms with E-state index >= 15 is 0 Å². The third-order valence-electron chi connectivity index (χ3n) is 9.00. The van der Waals surface area contributed by atoms with Gasteiger partial charge in [0.25, 0.3) is 0 Å². The molecule has 55 heavy (non-hydrogen) atoms. The molecule has 3 aliphatic rings. The zero-order valence-electron chi connectivity index (χ0n) is 34.2. The van der Waals surface area contributed by atoms with Gasteiger partial charge in [-0.25, -0.2) is 0 Å². The molecule has 0 spiro atoms. The first-order chi connectivity index (χ1) is 27.2. The van der Waals surface area contributed by atoms with Crippen LogP contribution < -0.4 is 10.6 Å². The summed E-state index contributed by atoms with van der Waals surface area (Å²) in [5.41, 5.74) is 14.9. The molecule has 0 radical (unpaired) electrons. The molecule has 284 valence electrons. The Morgan fingerprint density at radius 1 is 0.455 bits per heavy atom. The van der Waals surface area contributed by atoms with E-state index in [9.17, 15) is 0 Å². The Bertz CT molecular complexity index is 1960. The maximum atomic E-state index is 3.19. The first-order valence-electron chi connectivity index (χ1n) is 20.0. The first kappa shape index (κ1) is 43.5. The van der Waals surface area contributed by atoms with Crippen molar-refractivity contribution in [2.24, 2.45) is 0 Å². The largest absolute Gasteiger partial charge is 0.388 e. The molecule has 3 aliphatic carbocycles. The Hall–Kier alpha value is -5.86. The third-order valence-corrected chi connectivity index (χ3v) is 9.00. The summed E-state index contributed by atoms with van der Waals surface area (Å²) in [7, 11) is 3.90. The van der Waals surface area contributed by atoms with Gasteiger partial charge in [-0.05, 0) is 82.3 Å². The van der Waals surface area contributed by atoms with Crippen LogP contribution in [0.5, 0.6) is 0 Å². The Morgan fingerprint density at radius 3 is 1.44 bits per heavy atom. The van der Waals surface area contributed by atoms with Crippen molar-refractivity contribution in [3.63, 3.8) is 0 Å². The molecule has 0 aliphatic heterocycles. The van der Waals surface area contributed by atoms with Crippen LogP contribution in [-0.4, -0.2) is 14.1 Å². The molecule has 0 heterocycles. The minimum absolute atomic E-state index is 1.09. The summed E-state index contributed by atoms with van der Waals surface area (Å²) in [6, 6.07) is 52.9. The lowest BCUT2D eigenvalue weighted by molar-refractivity contribution is 1.14. The summed E-state index contributed by atoms with van der Waals surface area (Å²) >= 11 is 0. The molecule has 6 aromatic carbocycles. The van der Waals surface area contributed by atoms with Crippen LogP contribution in [0.15, 0.2) is 182 Å². The molecule has 6 aromatic rings. The zero-order chi connectivity index (χ0) is 39.5. The van der Waals surface area contributed by atoms with E-state index in [4.69, 9.17) is 0 Å². The number of hydrogen-bond donors (Lipinski definition) is 2. The Balaban J connectivity index is 0.000000185. The number of rotatable bonds is 4. The fourth-order valence-corrected chi connectivity index (χ4v) is 6.31. The van der Waals surface area contributed by atoms with Gasteiger partial charge in [-0.2, -0.15) is 0 Å². The Labute approximate surface area is 333 Å². The Morgan fingerprint density at radius 2 is 0.927 bits per heavy atom. The fraction of sp³-hybridized carbons (Fsp3) is 0.208. The molecule has 2 nitrogen and oxygen atoms in total. The second-order valence-corrected chi connectivity index (χ2v) is 12.3. The molecule has 0 aromatic heterocycles. The number of fused-ring (bicyclic) bond motifs is 4. The van der Waals surface area contributed by atoms with Gasteiger partial charge in [0.1, 0.15) is 0 Å². The number of para-hydroxylation sites is 2. The smallest absolute Gasteiger partial charge is 0.0417 e. The second kappa shape index (κ2) is 26.0. The fourth-order valence-electron chi connectivity index (χ4n) is 6.31. The van der Waals surface area contributed by atoms with Crippen molar-refractivity contribution in [2.75, 3.05) is 24.7 Å². The summed E-state index contributed by atoms with van der Waals surface area (Å²) in [5, 5.41) is 6.34. The molecule has 0 saturated carbocycles. The molecule has 0 bridgehead atoms. The van der Waals surface area contributed by atoms with Gasteiger partial charge in [0.15, 0.2) is 0 Å². The van der Waals surface area contributed by atoms with Crippen molar-refractivity contribution >= 4 is 17.5 Å². The normalized spacial score (nSPS) is 11.2. The number of anilines is 2.